The molecule has 2 aliphatic heterocycles. The summed E-state index contributed by atoms with van der Waals surface area (Å²) in [5.74, 6) is 1.82. The van der Waals surface area contributed by atoms with Gasteiger partial charge in [-0.2, -0.15) is 0 Å². The minimum atomic E-state index is -0.428. The lowest BCUT2D eigenvalue weighted by molar-refractivity contribution is -0.200. The Morgan fingerprint density at radius 1 is 0.780 bits per heavy atom. The lowest BCUT2D eigenvalue weighted by Gasteiger charge is -2.62. The van der Waals surface area contributed by atoms with Crippen molar-refractivity contribution in [1.82, 2.24) is 0 Å². The first-order chi connectivity index (χ1) is 28.4. The van der Waals surface area contributed by atoms with E-state index >= 15 is 0 Å². The molecule has 0 aromatic heterocycles. The molecule has 312 valence electrons. The Balaban J connectivity index is 1.10. The van der Waals surface area contributed by atoms with Crippen molar-refractivity contribution >= 4 is 39.5 Å². The van der Waals surface area contributed by atoms with Gasteiger partial charge in [0, 0.05) is 23.0 Å². The summed E-state index contributed by atoms with van der Waals surface area (Å²) in [7, 11) is 1.43. The number of phenolic OH excluding ortho intramolecular Hbond substituents is 2. The second-order valence-electron chi connectivity index (χ2n) is 18.7. The van der Waals surface area contributed by atoms with Crippen LogP contribution in [-0.2, 0) is 28.6 Å². The minimum Gasteiger partial charge on any atom is -0.507 e. The van der Waals surface area contributed by atoms with Crippen molar-refractivity contribution in [2.75, 3.05) is 20.3 Å². The van der Waals surface area contributed by atoms with Gasteiger partial charge in [-0.1, -0.05) is 45.0 Å². The molecule has 2 N–H and O–H groups in total. The number of carbonyl (C=O) groups excluding carboxylic acids is 3. The van der Waals surface area contributed by atoms with Crippen LogP contribution in [0.5, 0.6) is 23.0 Å². The molecule has 0 unspecified atom stereocenters. The number of hydrogen-bond acceptors (Lipinski definition) is 10. The van der Waals surface area contributed by atoms with E-state index in [4.69, 9.17) is 23.7 Å². The molecule has 10 atom stereocenters. The second kappa shape index (κ2) is 15.2. The van der Waals surface area contributed by atoms with Crippen LogP contribution in [0.3, 0.4) is 0 Å². The fourth-order valence-electron chi connectivity index (χ4n) is 13.0. The molecule has 0 spiro atoms. The van der Waals surface area contributed by atoms with E-state index in [9.17, 15) is 24.6 Å². The van der Waals surface area contributed by atoms with Crippen LogP contribution in [0, 0.1) is 46.3 Å². The van der Waals surface area contributed by atoms with Crippen LogP contribution in [0.4, 0.5) is 0 Å². The largest absolute Gasteiger partial charge is 0.507 e. The Hall–Kier alpha value is -4.99. The van der Waals surface area contributed by atoms with Crippen LogP contribution < -0.4 is 9.47 Å². The smallest absolute Gasteiger partial charge is 0.344 e. The Labute approximate surface area is 345 Å². The zero-order valence-corrected chi connectivity index (χ0v) is 34.5. The van der Waals surface area contributed by atoms with Crippen molar-refractivity contribution in [3.05, 3.63) is 60.7 Å². The molecule has 4 aromatic carbocycles. The maximum absolute atomic E-state index is 14.1. The average molecular weight is 805 g/mol. The van der Waals surface area contributed by atoms with Gasteiger partial charge >= 0.3 is 17.9 Å². The predicted molar refractivity (Wildman–Crippen MR) is 222 cm³/mol. The summed E-state index contributed by atoms with van der Waals surface area (Å²) in [6.07, 6.45) is 8.07. The number of phenols is 2. The number of fused-ring (bicyclic) bond motifs is 9. The van der Waals surface area contributed by atoms with E-state index in [0.29, 0.717) is 63.5 Å². The van der Waals surface area contributed by atoms with Gasteiger partial charge in [-0.3, -0.25) is 4.79 Å². The van der Waals surface area contributed by atoms with E-state index in [-0.39, 0.29) is 65.6 Å². The summed E-state index contributed by atoms with van der Waals surface area (Å²) >= 11 is 0. The highest BCUT2D eigenvalue weighted by Gasteiger charge is 2.65. The molecule has 6 aliphatic rings. The fourth-order valence-corrected chi connectivity index (χ4v) is 13.0. The van der Waals surface area contributed by atoms with Gasteiger partial charge in [0.25, 0.3) is 0 Å². The first-order valence-corrected chi connectivity index (χ1v) is 21.6. The maximum atomic E-state index is 14.1. The van der Waals surface area contributed by atoms with Crippen molar-refractivity contribution in [3.8, 4) is 34.1 Å². The van der Waals surface area contributed by atoms with Gasteiger partial charge in [-0.05, 0) is 157 Å². The summed E-state index contributed by atoms with van der Waals surface area (Å²) in [5, 5.41) is 25.6. The Bertz CT molecular complexity index is 2300. The van der Waals surface area contributed by atoms with Crippen LogP contribution in [-0.4, -0.2) is 60.7 Å². The van der Waals surface area contributed by atoms with Crippen LogP contribution in [0.2, 0.25) is 0 Å². The van der Waals surface area contributed by atoms with Crippen LogP contribution >= 0.6 is 0 Å². The minimum absolute atomic E-state index is 0.0113. The van der Waals surface area contributed by atoms with Gasteiger partial charge in [-0.15, -0.1) is 0 Å². The van der Waals surface area contributed by atoms with Crippen molar-refractivity contribution < 1.29 is 48.3 Å². The Morgan fingerprint density at radius 2 is 1.39 bits per heavy atom. The third kappa shape index (κ3) is 6.84. The number of benzene rings is 4. The van der Waals surface area contributed by atoms with Gasteiger partial charge in [0.1, 0.15) is 35.2 Å². The SMILES string of the molecule is COC(=O)CC[C@@H](C)[C@H]1CC[C@H]2[C@@H]3CC[C@@H]4C[C@H]5CC[C@]4(C)[C@H]3C[C@H](OC(=O)COc3ccc4ccc(O)c(c4c3)-c3c(O)ccc4ccc(cc34)OCC(=O)O5)[C@]12C. The van der Waals surface area contributed by atoms with Gasteiger partial charge in [0.05, 0.1) is 7.11 Å². The molecule has 4 aromatic rings. The van der Waals surface area contributed by atoms with Crippen LogP contribution in [0.1, 0.15) is 85.0 Å². The zero-order chi connectivity index (χ0) is 41.2. The van der Waals surface area contributed by atoms with Crippen LogP contribution in [0.15, 0.2) is 60.7 Å². The molecular weight excluding hydrogens is 749 g/mol. The molecule has 9 bridgehead atoms. The molecule has 10 nitrogen and oxygen atoms in total. The Kier molecular flexibility index (Phi) is 10.2. The number of rotatable bonds is 4. The quantitative estimate of drug-likeness (QED) is 0.152. The highest BCUT2D eigenvalue weighted by molar-refractivity contribution is 6.10. The summed E-state index contributed by atoms with van der Waals surface area (Å²) in [6.45, 7) is 6.48. The molecule has 10 rings (SSSR count). The molecule has 4 saturated carbocycles. The predicted octanol–water partition coefficient (Wildman–Crippen LogP) is 9.52. The van der Waals surface area contributed by atoms with E-state index in [0.717, 1.165) is 68.6 Å². The highest BCUT2D eigenvalue weighted by atomic mass is 16.6. The van der Waals surface area contributed by atoms with E-state index in [1.54, 1.807) is 48.5 Å². The third-order valence-electron chi connectivity index (χ3n) is 16.0. The third-order valence-corrected chi connectivity index (χ3v) is 16.0. The summed E-state index contributed by atoms with van der Waals surface area (Å²) in [6, 6.07) is 17.6. The summed E-state index contributed by atoms with van der Waals surface area (Å²) < 4.78 is 30.1. The van der Waals surface area contributed by atoms with E-state index in [1.807, 2.05) is 12.1 Å². The molecule has 2 heterocycles. The molecule has 0 saturated heterocycles. The monoisotopic (exact) mass is 804 g/mol. The van der Waals surface area contributed by atoms with Gasteiger partial charge < -0.3 is 33.9 Å². The lowest BCUT2D eigenvalue weighted by atomic mass is 9.43. The average Bonchev–Trinajstić information content (AvgIpc) is 3.59. The van der Waals surface area contributed by atoms with Crippen LogP contribution in [0.25, 0.3) is 32.7 Å². The van der Waals surface area contributed by atoms with Crippen molar-refractivity contribution in [3.63, 3.8) is 0 Å². The molecule has 10 heteroatoms. The number of hydrogen-bond donors (Lipinski definition) is 2. The number of carbonyl (C=O) groups is 3. The highest BCUT2D eigenvalue weighted by Crippen LogP contribution is 2.69. The molecule has 0 amide bonds. The van der Waals surface area contributed by atoms with Crippen molar-refractivity contribution in [2.24, 2.45) is 46.3 Å². The van der Waals surface area contributed by atoms with Crippen molar-refractivity contribution in [2.45, 2.75) is 97.2 Å². The lowest BCUT2D eigenvalue weighted by Crippen LogP contribution is -2.60. The van der Waals surface area contributed by atoms with Gasteiger partial charge in [-0.25, -0.2) is 9.59 Å². The van der Waals surface area contributed by atoms with Gasteiger partial charge in [0.2, 0.25) is 0 Å². The number of methoxy groups -OCH3 is 1. The van der Waals surface area contributed by atoms with E-state index in [2.05, 4.69) is 20.8 Å². The van der Waals surface area contributed by atoms with E-state index in [1.165, 1.54) is 7.11 Å². The standard InChI is InChI=1S/C49H56O10/c1-27(5-18-43(52)55-4)37-14-15-38-34-13-10-30-21-33-19-20-48(30,2)39(34)24-42(49(37,38)3)59-45(54)26-57-32-12-7-29-9-17-41(51)47(36(29)23-32)46-35-22-31(56-25-44(53)58-33)11-6-28(35)8-16-40(46)50/h6-9,11-12,16-17,22-23,27,30,33-34,37-39,42,50-51H,5,10,13-15,18-21,24-26H2,1-4H3/t27-,30-,33-,34+,37-,38+,39+,42+,48+,49-/m1/s1. The first-order valence-electron chi connectivity index (χ1n) is 21.6. The maximum Gasteiger partial charge on any atom is 0.344 e. The Morgan fingerprint density at radius 3 is 2.02 bits per heavy atom. The molecule has 4 aliphatic carbocycles. The second-order valence-corrected chi connectivity index (χ2v) is 18.7. The zero-order valence-electron chi connectivity index (χ0n) is 34.5. The number of aromatic hydroxyl groups is 2. The molecule has 4 fully saturated rings. The summed E-state index contributed by atoms with van der Waals surface area (Å²) in [4.78, 5) is 39.7. The molecule has 59 heavy (non-hydrogen) atoms. The van der Waals surface area contributed by atoms with Gasteiger partial charge in [0.15, 0.2) is 13.2 Å². The number of ether oxygens (including phenoxy) is 5. The topological polar surface area (TPSA) is 138 Å². The van der Waals surface area contributed by atoms with E-state index < -0.39 is 11.9 Å². The molecule has 0 radical (unpaired) electrons. The number of esters is 3. The van der Waals surface area contributed by atoms with Crippen molar-refractivity contribution in [1.29, 1.82) is 0 Å². The summed E-state index contributed by atoms with van der Waals surface area (Å²) in [5.41, 5.74) is 0.532. The first kappa shape index (κ1) is 39.5. The normalized spacial score (nSPS) is 32.2. The molecular formula is C49H56O10. The fraction of sp³-hybridized carbons (Fsp3) is 0.531.